The molecule has 0 atom stereocenters. The maximum absolute atomic E-state index is 13.0. The molecule has 30 heavy (non-hydrogen) atoms. The molecule has 1 aliphatic rings. The molecular formula is C19H19N5O2S4. The van der Waals surface area contributed by atoms with Gasteiger partial charge in [-0.05, 0) is 37.0 Å². The summed E-state index contributed by atoms with van der Waals surface area (Å²) in [5, 5.41) is 5.76. The second-order valence-corrected chi connectivity index (χ2v) is 11.5. The minimum Gasteiger partial charge on any atom is -0.290 e. The lowest BCUT2D eigenvalue weighted by atomic mass is 9.97. The van der Waals surface area contributed by atoms with Crippen molar-refractivity contribution in [3.63, 3.8) is 0 Å². The van der Waals surface area contributed by atoms with E-state index < -0.39 is 0 Å². The normalized spacial score (nSPS) is 13.9. The molecule has 11 heteroatoms. The first-order valence-corrected chi connectivity index (χ1v) is 13.3. The van der Waals surface area contributed by atoms with Gasteiger partial charge in [0.1, 0.15) is 4.83 Å². The molecule has 0 fully saturated rings. The highest BCUT2D eigenvalue weighted by molar-refractivity contribution is 8.01. The summed E-state index contributed by atoms with van der Waals surface area (Å²) in [5.74, 6) is 1.36. The van der Waals surface area contributed by atoms with Crippen LogP contribution in [0.1, 0.15) is 35.9 Å². The van der Waals surface area contributed by atoms with Crippen LogP contribution in [0.5, 0.6) is 0 Å². The van der Waals surface area contributed by atoms with Crippen molar-refractivity contribution in [1.82, 2.24) is 24.1 Å². The number of hydrogen-bond acceptors (Lipinski definition) is 9. The Labute approximate surface area is 188 Å². The first-order valence-electron chi connectivity index (χ1n) is 9.72. The first kappa shape index (κ1) is 20.2. The van der Waals surface area contributed by atoms with Crippen molar-refractivity contribution < 1.29 is 0 Å². The van der Waals surface area contributed by atoms with Crippen LogP contribution in [0.25, 0.3) is 15.2 Å². The van der Waals surface area contributed by atoms with E-state index in [1.807, 2.05) is 6.92 Å². The highest BCUT2D eigenvalue weighted by Crippen LogP contribution is 2.34. The number of hydrogen-bond donors (Lipinski definition) is 0. The maximum Gasteiger partial charge on any atom is 0.275 e. The molecule has 0 radical (unpaired) electrons. The van der Waals surface area contributed by atoms with E-state index in [1.165, 1.54) is 50.5 Å². The van der Waals surface area contributed by atoms with E-state index in [1.54, 1.807) is 34.7 Å². The average Bonchev–Trinajstić information content (AvgIpc) is 3.31. The molecule has 0 amide bonds. The molecule has 7 nitrogen and oxygen atoms in total. The van der Waals surface area contributed by atoms with Gasteiger partial charge in [0, 0.05) is 23.7 Å². The van der Waals surface area contributed by atoms with Crippen LogP contribution in [0, 0.1) is 0 Å². The molecule has 0 aliphatic heterocycles. The number of fused-ring (bicyclic) bond motifs is 4. The van der Waals surface area contributed by atoms with E-state index in [4.69, 9.17) is 4.98 Å². The highest BCUT2D eigenvalue weighted by atomic mass is 32.2. The van der Waals surface area contributed by atoms with Gasteiger partial charge in [-0.15, -0.1) is 16.4 Å². The average molecular weight is 478 g/mol. The van der Waals surface area contributed by atoms with Crippen LogP contribution in [0.15, 0.2) is 25.2 Å². The van der Waals surface area contributed by atoms with Gasteiger partial charge in [-0.3, -0.25) is 14.2 Å². The summed E-state index contributed by atoms with van der Waals surface area (Å²) >= 11 is 6.11. The molecule has 0 unspecified atom stereocenters. The Kier molecular flexibility index (Phi) is 5.46. The SMILES string of the molecule is CCSc1nn2c(=O)cc(CSc3nc4sc5c(c4c(=O)n3C)CCCC5)nc2s1. The van der Waals surface area contributed by atoms with Gasteiger partial charge < -0.3 is 0 Å². The Hall–Kier alpha value is -1.69. The Balaban J connectivity index is 1.47. The molecule has 4 aromatic rings. The van der Waals surface area contributed by atoms with Crippen molar-refractivity contribution in [3.8, 4) is 0 Å². The minimum atomic E-state index is -0.182. The maximum atomic E-state index is 13.0. The topological polar surface area (TPSA) is 82.2 Å². The second-order valence-electron chi connectivity index (χ2n) is 7.02. The number of nitrogens with zero attached hydrogens (tertiary/aromatic N) is 5. The van der Waals surface area contributed by atoms with E-state index in [0.717, 1.165) is 39.6 Å². The lowest BCUT2D eigenvalue weighted by molar-refractivity contribution is 0.695. The van der Waals surface area contributed by atoms with Gasteiger partial charge in [0.2, 0.25) is 4.96 Å². The van der Waals surface area contributed by atoms with Crippen LogP contribution in [-0.2, 0) is 25.6 Å². The predicted octanol–water partition coefficient (Wildman–Crippen LogP) is 3.74. The first-order chi connectivity index (χ1) is 14.5. The van der Waals surface area contributed by atoms with Gasteiger partial charge in [0.05, 0.1) is 11.1 Å². The van der Waals surface area contributed by atoms with Crippen LogP contribution in [-0.4, -0.2) is 29.9 Å². The third-order valence-corrected chi connectivity index (χ3v) is 9.22. The van der Waals surface area contributed by atoms with Crippen molar-refractivity contribution in [3.05, 3.63) is 42.9 Å². The van der Waals surface area contributed by atoms with E-state index in [0.29, 0.717) is 21.6 Å². The fourth-order valence-electron chi connectivity index (χ4n) is 3.63. The smallest absolute Gasteiger partial charge is 0.275 e. The van der Waals surface area contributed by atoms with Gasteiger partial charge in [0.15, 0.2) is 9.50 Å². The van der Waals surface area contributed by atoms with Gasteiger partial charge in [-0.25, -0.2) is 9.97 Å². The largest absolute Gasteiger partial charge is 0.290 e. The van der Waals surface area contributed by atoms with Crippen molar-refractivity contribution in [2.24, 2.45) is 7.05 Å². The predicted molar refractivity (Wildman–Crippen MR) is 125 cm³/mol. The van der Waals surface area contributed by atoms with Crippen LogP contribution in [0.4, 0.5) is 0 Å². The van der Waals surface area contributed by atoms with Crippen molar-refractivity contribution in [2.45, 2.75) is 47.9 Å². The van der Waals surface area contributed by atoms with Gasteiger partial charge >= 0.3 is 0 Å². The van der Waals surface area contributed by atoms with Crippen molar-refractivity contribution >= 4 is 61.4 Å². The lowest BCUT2D eigenvalue weighted by Gasteiger charge is -2.10. The molecular weight excluding hydrogens is 459 g/mol. The molecule has 5 rings (SSSR count). The number of aryl methyl sites for hydroxylation is 2. The van der Waals surface area contributed by atoms with Crippen molar-refractivity contribution in [2.75, 3.05) is 5.75 Å². The van der Waals surface area contributed by atoms with Gasteiger partial charge in [-0.2, -0.15) is 4.52 Å². The number of thiophene rings is 1. The zero-order chi connectivity index (χ0) is 20.8. The molecule has 0 spiro atoms. The zero-order valence-electron chi connectivity index (χ0n) is 16.5. The molecule has 0 saturated heterocycles. The van der Waals surface area contributed by atoms with Crippen LogP contribution in [0.3, 0.4) is 0 Å². The fourth-order valence-corrected chi connectivity index (χ4v) is 7.65. The fraction of sp³-hybridized carbons (Fsp3) is 0.421. The third-order valence-electron chi connectivity index (χ3n) is 5.05. The summed E-state index contributed by atoms with van der Waals surface area (Å²) in [6.45, 7) is 2.05. The van der Waals surface area contributed by atoms with Crippen LogP contribution < -0.4 is 11.1 Å². The molecule has 156 valence electrons. The third kappa shape index (κ3) is 3.51. The minimum absolute atomic E-state index is 0.0223. The van der Waals surface area contributed by atoms with E-state index >= 15 is 0 Å². The van der Waals surface area contributed by atoms with Gasteiger partial charge in [0.25, 0.3) is 11.1 Å². The Morgan fingerprint density at radius 1 is 1.13 bits per heavy atom. The van der Waals surface area contributed by atoms with E-state index in [2.05, 4.69) is 10.1 Å². The number of thioether (sulfide) groups is 2. The zero-order valence-corrected chi connectivity index (χ0v) is 19.8. The van der Waals surface area contributed by atoms with Crippen molar-refractivity contribution in [1.29, 1.82) is 0 Å². The number of rotatable bonds is 5. The summed E-state index contributed by atoms with van der Waals surface area (Å²) in [4.78, 5) is 37.6. The molecule has 4 heterocycles. The second kappa shape index (κ2) is 8.10. The summed E-state index contributed by atoms with van der Waals surface area (Å²) < 4.78 is 3.82. The molecule has 0 aromatic carbocycles. The Morgan fingerprint density at radius 2 is 1.97 bits per heavy atom. The molecule has 0 N–H and O–H groups in total. The summed E-state index contributed by atoms with van der Waals surface area (Å²) in [6, 6.07) is 1.51. The monoisotopic (exact) mass is 477 g/mol. The summed E-state index contributed by atoms with van der Waals surface area (Å²) in [7, 11) is 1.77. The van der Waals surface area contributed by atoms with E-state index in [-0.39, 0.29) is 11.1 Å². The van der Waals surface area contributed by atoms with Crippen LogP contribution in [0.2, 0.25) is 0 Å². The standard InChI is InChI=1S/C19H19N5O2S4/c1-3-27-19-22-24-13(25)8-10(20-18(24)30-19)9-28-17-21-15-14(16(26)23(17)2)11-6-4-5-7-12(11)29-15/h8H,3-7,9H2,1-2H3. The summed E-state index contributed by atoms with van der Waals surface area (Å²) in [5.41, 5.74) is 1.71. The number of aromatic nitrogens is 5. The quantitative estimate of drug-likeness (QED) is 0.320. The summed E-state index contributed by atoms with van der Waals surface area (Å²) in [6.07, 6.45) is 4.34. The van der Waals surface area contributed by atoms with Crippen LogP contribution >= 0.6 is 46.2 Å². The highest BCUT2D eigenvalue weighted by Gasteiger charge is 2.21. The Morgan fingerprint density at radius 3 is 2.80 bits per heavy atom. The molecule has 4 aromatic heterocycles. The molecule has 0 saturated carbocycles. The lowest BCUT2D eigenvalue weighted by Crippen LogP contribution is -2.20. The molecule has 1 aliphatic carbocycles. The molecule has 0 bridgehead atoms. The van der Waals surface area contributed by atoms with E-state index in [9.17, 15) is 9.59 Å². The van der Waals surface area contributed by atoms with Gasteiger partial charge in [-0.1, -0.05) is 41.8 Å². The Bertz CT molecular complexity index is 1380.